The van der Waals surface area contributed by atoms with Crippen LogP contribution in [-0.4, -0.2) is 4.57 Å². The van der Waals surface area contributed by atoms with Crippen LogP contribution in [0.5, 0.6) is 0 Å². The highest BCUT2D eigenvalue weighted by Crippen LogP contribution is 2.46. The summed E-state index contributed by atoms with van der Waals surface area (Å²) < 4.78 is 2.48. The monoisotopic (exact) mass is 595 g/mol. The summed E-state index contributed by atoms with van der Waals surface area (Å²) in [5, 5.41) is 12.8. The summed E-state index contributed by atoms with van der Waals surface area (Å²) in [7, 11) is 0. The van der Waals surface area contributed by atoms with Gasteiger partial charge in [-0.15, -0.1) is 0 Å². The van der Waals surface area contributed by atoms with E-state index in [9.17, 15) is 0 Å². The molecule has 0 fully saturated rings. The van der Waals surface area contributed by atoms with E-state index in [1.165, 1.54) is 87.1 Å². The number of hydrogen-bond acceptors (Lipinski definition) is 0. The first-order valence-electron chi connectivity index (χ1n) is 16.3. The maximum atomic E-state index is 2.48. The van der Waals surface area contributed by atoms with Gasteiger partial charge in [0.25, 0.3) is 0 Å². The van der Waals surface area contributed by atoms with E-state index in [0.717, 1.165) is 5.69 Å². The van der Waals surface area contributed by atoms with E-state index in [1.54, 1.807) is 0 Å². The largest absolute Gasteiger partial charge is 0.309 e. The summed E-state index contributed by atoms with van der Waals surface area (Å²) in [6, 6.07) is 64.4. The lowest BCUT2D eigenvalue weighted by Crippen LogP contribution is -1.95. The van der Waals surface area contributed by atoms with Crippen LogP contribution in [0.4, 0.5) is 0 Å². The van der Waals surface area contributed by atoms with Crippen molar-refractivity contribution in [1.82, 2.24) is 4.57 Å². The molecule has 10 rings (SSSR count). The van der Waals surface area contributed by atoms with Crippen molar-refractivity contribution in [3.05, 3.63) is 176 Å². The van der Waals surface area contributed by atoms with E-state index < -0.39 is 0 Å². The Balaban J connectivity index is 1.30. The number of benzene rings is 9. The van der Waals surface area contributed by atoms with E-state index in [4.69, 9.17) is 0 Å². The Morgan fingerprint density at radius 1 is 0.319 bits per heavy atom. The summed E-state index contributed by atoms with van der Waals surface area (Å²) in [5.74, 6) is 0. The average molecular weight is 596 g/mol. The molecule has 0 saturated carbocycles. The Bertz CT molecular complexity index is 2820. The number of fused-ring (bicyclic) bond motifs is 11. The van der Waals surface area contributed by atoms with Crippen molar-refractivity contribution < 1.29 is 0 Å². The van der Waals surface area contributed by atoms with Crippen LogP contribution in [0.15, 0.2) is 176 Å². The normalized spacial score (nSPS) is 11.8. The molecule has 0 atom stereocenters. The van der Waals surface area contributed by atoms with Crippen molar-refractivity contribution in [3.63, 3.8) is 0 Å². The van der Waals surface area contributed by atoms with Gasteiger partial charge in [0.2, 0.25) is 0 Å². The molecule has 0 amide bonds. The standard InChI is InChI=1S/C46H29N/c1-2-13-32(14-3-1)41-29-42-37-17-7-9-19-39(37)46-45(44(42)38-18-8-6-16-36(38)41)40-20-10-11-21-43(40)47(46)35-26-24-31(25-27-35)34-23-22-30-12-4-5-15-33(30)28-34/h1-29H. The summed E-state index contributed by atoms with van der Waals surface area (Å²) in [5.41, 5.74) is 8.59. The van der Waals surface area contributed by atoms with Gasteiger partial charge in [-0.3, -0.25) is 0 Å². The Labute approximate surface area is 272 Å². The molecule has 218 valence electrons. The van der Waals surface area contributed by atoms with Crippen LogP contribution in [0.1, 0.15) is 0 Å². The molecular formula is C46H29N. The van der Waals surface area contributed by atoms with E-state index >= 15 is 0 Å². The number of para-hydroxylation sites is 1. The SMILES string of the molecule is c1ccc(-c2cc3c4ccccc4c4c(c5ccccc5n4-c4ccc(-c5ccc6ccccc6c5)cc4)c3c3ccccc23)cc1. The quantitative estimate of drug-likeness (QED) is 0.179. The molecule has 1 aromatic heterocycles. The number of rotatable bonds is 3. The summed E-state index contributed by atoms with van der Waals surface area (Å²) in [6.45, 7) is 0. The molecule has 0 aliphatic carbocycles. The third kappa shape index (κ3) is 3.90. The molecule has 0 unspecified atom stereocenters. The van der Waals surface area contributed by atoms with Gasteiger partial charge in [-0.1, -0.05) is 146 Å². The van der Waals surface area contributed by atoms with E-state index in [1.807, 2.05) is 0 Å². The first kappa shape index (κ1) is 26.1. The summed E-state index contributed by atoms with van der Waals surface area (Å²) in [4.78, 5) is 0. The van der Waals surface area contributed by atoms with Gasteiger partial charge < -0.3 is 4.57 Å². The van der Waals surface area contributed by atoms with E-state index in [0.29, 0.717) is 0 Å². The fourth-order valence-corrected chi connectivity index (χ4v) is 7.83. The van der Waals surface area contributed by atoms with Gasteiger partial charge in [-0.05, 0) is 84.9 Å². The lowest BCUT2D eigenvalue weighted by atomic mass is 9.88. The van der Waals surface area contributed by atoms with Gasteiger partial charge in [0.15, 0.2) is 0 Å². The smallest absolute Gasteiger partial charge is 0.0626 e. The minimum atomic E-state index is 1.16. The van der Waals surface area contributed by atoms with Gasteiger partial charge in [0.1, 0.15) is 0 Å². The van der Waals surface area contributed by atoms with Gasteiger partial charge in [-0.2, -0.15) is 0 Å². The lowest BCUT2D eigenvalue weighted by molar-refractivity contribution is 1.19. The molecule has 10 aromatic rings. The topological polar surface area (TPSA) is 4.93 Å². The number of hydrogen-bond donors (Lipinski definition) is 0. The molecule has 0 aliphatic rings. The van der Waals surface area contributed by atoms with E-state index in [-0.39, 0.29) is 0 Å². The summed E-state index contributed by atoms with van der Waals surface area (Å²) >= 11 is 0. The fraction of sp³-hybridized carbons (Fsp3) is 0. The Kier molecular flexibility index (Phi) is 5.64. The Morgan fingerprint density at radius 3 is 1.74 bits per heavy atom. The highest BCUT2D eigenvalue weighted by atomic mass is 15.0. The Morgan fingerprint density at radius 2 is 0.936 bits per heavy atom. The van der Waals surface area contributed by atoms with Crippen LogP contribution in [0.25, 0.3) is 92.8 Å². The number of nitrogens with zero attached hydrogens (tertiary/aromatic N) is 1. The molecule has 0 radical (unpaired) electrons. The summed E-state index contributed by atoms with van der Waals surface area (Å²) in [6.07, 6.45) is 0. The highest BCUT2D eigenvalue weighted by Gasteiger charge is 2.21. The van der Waals surface area contributed by atoms with Gasteiger partial charge in [0.05, 0.1) is 11.0 Å². The predicted molar refractivity (Wildman–Crippen MR) is 202 cm³/mol. The second-order valence-corrected chi connectivity index (χ2v) is 12.5. The van der Waals surface area contributed by atoms with E-state index in [2.05, 4.69) is 180 Å². The minimum Gasteiger partial charge on any atom is -0.309 e. The van der Waals surface area contributed by atoms with Crippen molar-refractivity contribution in [3.8, 4) is 27.9 Å². The second kappa shape index (κ2) is 10.2. The van der Waals surface area contributed by atoms with Crippen molar-refractivity contribution in [2.24, 2.45) is 0 Å². The van der Waals surface area contributed by atoms with Gasteiger partial charge in [0, 0.05) is 27.2 Å². The van der Waals surface area contributed by atoms with Crippen molar-refractivity contribution in [2.45, 2.75) is 0 Å². The lowest BCUT2D eigenvalue weighted by Gasteiger charge is -2.16. The third-order valence-corrected chi connectivity index (χ3v) is 9.93. The first-order chi connectivity index (χ1) is 23.3. The molecule has 1 heteroatoms. The molecule has 47 heavy (non-hydrogen) atoms. The van der Waals surface area contributed by atoms with Crippen molar-refractivity contribution in [1.29, 1.82) is 0 Å². The zero-order valence-electron chi connectivity index (χ0n) is 25.7. The van der Waals surface area contributed by atoms with Gasteiger partial charge >= 0.3 is 0 Å². The molecule has 1 nitrogen and oxygen atoms in total. The second-order valence-electron chi connectivity index (χ2n) is 12.5. The molecule has 0 saturated heterocycles. The maximum Gasteiger partial charge on any atom is 0.0626 e. The van der Waals surface area contributed by atoms with Crippen molar-refractivity contribution in [2.75, 3.05) is 0 Å². The fourth-order valence-electron chi connectivity index (χ4n) is 7.83. The van der Waals surface area contributed by atoms with Crippen LogP contribution in [-0.2, 0) is 0 Å². The molecule has 0 N–H and O–H groups in total. The first-order valence-corrected chi connectivity index (χ1v) is 16.3. The average Bonchev–Trinajstić information content (AvgIpc) is 3.50. The zero-order valence-corrected chi connectivity index (χ0v) is 25.7. The van der Waals surface area contributed by atoms with Crippen LogP contribution in [0.3, 0.4) is 0 Å². The van der Waals surface area contributed by atoms with Crippen LogP contribution in [0, 0.1) is 0 Å². The van der Waals surface area contributed by atoms with Crippen LogP contribution >= 0.6 is 0 Å². The van der Waals surface area contributed by atoms with Gasteiger partial charge in [-0.25, -0.2) is 0 Å². The highest BCUT2D eigenvalue weighted by molar-refractivity contribution is 6.38. The van der Waals surface area contributed by atoms with Crippen molar-refractivity contribution >= 4 is 64.9 Å². The minimum absolute atomic E-state index is 1.16. The zero-order chi connectivity index (χ0) is 30.9. The van der Waals surface area contributed by atoms with Crippen LogP contribution in [0.2, 0.25) is 0 Å². The molecular weight excluding hydrogens is 567 g/mol. The molecule has 9 aromatic carbocycles. The molecule has 0 bridgehead atoms. The van der Waals surface area contributed by atoms with Crippen LogP contribution < -0.4 is 0 Å². The molecule has 0 spiro atoms. The molecule has 1 heterocycles. The number of aromatic nitrogens is 1. The predicted octanol–water partition coefficient (Wildman–Crippen LogP) is 12.7. The Hall–Kier alpha value is -6.18. The maximum absolute atomic E-state index is 2.48. The molecule has 0 aliphatic heterocycles. The third-order valence-electron chi connectivity index (χ3n) is 9.93.